The van der Waals surface area contributed by atoms with Gasteiger partial charge in [0.25, 0.3) is 0 Å². The maximum absolute atomic E-state index is 9.53. The van der Waals surface area contributed by atoms with Gasteiger partial charge in [-0.2, -0.15) is 4.98 Å². The van der Waals surface area contributed by atoms with Crippen molar-refractivity contribution in [2.75, 3.05) is 31.6 Å². The second-order valence-corrected chi connectivity index (χ2v) is 7.83. The quantitative estimate of drug-likeness (QED) is 0.526. The van der Waals surface area contributed by atoms with Crippen LogP contribution in [0.1, 0.15) is 32.3 Å². The molecule has 0 atom stereocenters. The van der Waals surface area contributed by atoms with Gasteiger partial charge in [0.1, 0.15) is 17.2 Å². The van der Waals surface area contributed by atoms with E-state index in [4.69, 9.17) is 9.47 Å². The van der Waals surface area contributed by atoms with E-state index in [1.807, 2.05) is 42.9 Å². The summed E-state index contributed by atoms with van der Waals surface area (Å²) >= 11 is 0. The molecule has 1 aliphatic heterocycles. The molecule has 2 N–H and O–H groups in total. The summed E-state index contributed by atoms with van der Waals surface area (Å²) in [6, 6.07) is 10.0. The molecule has 4 rings (SSSR count). The Morgan fingerprint density at radius 3 is 2.31 bits per heavy atom. The summed E-state index contributed by atoms with van der Waals surface area (Å²) in [4.78, 5) is 10.6. The molecule has 0 aliphatic carbocycles. The Bertz CT molecular complexity index is 974. The van der Waals surface area contributed by atoms with Crippen molar-refractivity contribution in [3.05, 3.63) is 54.5 Å². The molecule has 8 heteroatoms. The Balaban J connectivity index is 1.45. The lowest BCUT2D eigenvalue weighted by molar-refractivity contribution is 0.210. The molecule has 0 spiro atoms. The summed E-state index contributed by atoms with van der Waals surface area (Å²) in [5, 5.41) is 12.9. The largest absolute Gasteiger partial charge is 0.493 e. The minimum absolute atomic E-state index is 0.0153. The number of hydrogen-bond acceptors (Lipinski definition) is 7. The number of piperidine rings is 1. The fourth-order valence-electron chi connectivity index (χ4n) is 4.09. The third-order valence-corrected chi connectivity index (χ3v) is 5.53. The van der Waals surface area contributed by atoms with Gasteiger partial charge in [0.2, 0.25) is 11.8 Å². The molecular formula is C24H31N5O3. The molecule has 3 heterocycles. The van der Waals surface area contributed by atoms with Crippen molar-refractivity contribution in [3.8, 4) is 23.1 Å². The van der Waals surface area contributed by atoms with E-state index in [0.29, 0.717) is 25.2 Å². The molecule has 8 nitrogen and oxygen atoms in total. The first-order chi connectivity index (χ1) is 15.7. The molecule has 0 bridgehead atoms. The van der Waals surface area contributed by atoms with Gasteiger partial charge in [-0.1, -0.05) is 0 Å². The van der Waals surface area contributed by atoms with Crippen LogP contribution >= 0.6 is 0 Å². The molecule has 0 amide bonds. The maximum atomic E-state index is 9.53. The van der Waals surface area contributed by atoms with Gasteiger partial charge in [-0.15, -0.1) is 0 Å². The molecule has 170 valence electrons. The zero-order chi connectivity index (χ0) is 22.3. The molecule has 0 unspecified atom stereocenters. The monoisotopic (exact) mass is 437 g/mol. The van der Waals surface area contributed by atoms with Crippen LogP contribution in [0, 0.1) is 0 Å². The number of hydrogen-bond donors (Lipinski definition) is 2. The number of anilines is 1. The van der Waals surface area contributed by atoms with Crippen molar-refractivity contribution < 1.29 is 14.6 Å². The molecule has 0 radical (unpaired) electrons. The van der Waals surface area contributed by atoms with Crippen molar-refractivity contribution >= 4 is 5.95 Å². The molecular weight excluding hydrogens is 406 g/mol. The fraction of sp³-hybridized carbons (Fsp3) is 0.417. The van der Waals surface area contributed by atoms with Gasteiger partial charge in [-0.25, -0.2) is 4.98 Å². The van der Waals surface area contributed by atoms with Gasteiger partial charge in [-0.3, -0.25) is 4.90 Å². The number of ether oxygens (including phenoxy) is 2. The minimum Gasteiger partial charge on any atom is -0.493 e. The Kier molecular flexibility index (Phi) is 7.11. The van der Waals surface area contributed by atoms with Crippen molar-refractivity contribution in [2.45, 2.75) is 39.3 Å². The van der Waals surface area contributed by atoms with Crippen molar-refractivity contribution in [1.29, 1.82) is 0 Å². The van der Waals surface area contributed by atoms with Gasteiger partial charge in [0, 0.05) is 50.3 Å². The predicted octanol–water partition coefficient (Wildman–Crippen LogP) is 3.85. The number of nitrogens with zero attached hydrogens (tertiary/aromatic N) is 4. The first-order valence-electron chi connectivity index (χ1n) is 11.2. The van der Waals surface area contributed by atoms with E-state index in [9.17, 15) is 5.11 Å². The lowest BCUT2D eigenvalue weighted by Crippen LogP contribution is -2.39. The Morgan fingerprint density at radius 1 is 1.06 bits per heavy atom. The first-order valence-corrected chi connectivity index (χ1v) is 11.2. The van der Waals surface area contributed by atoms with Crippen LogP contribution < -0.4 is 14.8 Å². The fourth-order valence-corrected chi connectivity index (χ4v) is 4.09. The standard InChI is InChI=1S/C24H31N5O3/c1-3-31-20-15-18(16-21(32-4-2)23(20)29-11-5-6-12-29)17-28-13-8-19(9-14-28)26-24-25-10-7-22(30)27-24/h5-7,10-12,15-16,19H,3-4,8-9,13-14,17H2,1-2H3,(H2,25,26,27,30). The number of aromatic nitrogens is 3. The molecule has 0 saturated carbocycles. The lowest BCUT2D eigenvalue weighted by atomic mass is 10.0. The summed E-state index contributed by atoms with van der Waals surface area (Å²) in [6.07, 6.45) is 7.54. The maximum Gasteiger partial charge on any atom is 0.226 e. The van der Waals surface area contributed by atoms with Crippen LogP contribution in [0.15, 0.2) is 48.9 Å². The van der Waals surface area contributed by atoms with E-state index in [0.717, 1.165) is 49.7 Å². The third kappa shape index (κ3) is 5.31. The second-order valence-electron chi connectivity index (χ2n) is 7.83. The molecule has 1 fully saturated rings. The van der Waals surface area contributed by atoms with Gasteiger partial charge >= 0.3 is 0 Å². The highest BCUT2D eigenvalue weighted by atomic mass is 16.5. The van der Waals surface area contributed by atoms with Crippen LogP contribution in [-0.4, -0.2) is 56.9 Å². The van der Waals surface area contributed by atoms with Crippen molar-refractivity contribution in [3.63, 3.8) is 0 Å². The van der Waals surface area contributed by atoms with E-state index in [2.05, 4.69) is 32.3 Å². The highest BCUT2D eigenvalue weighted by Crippen LogP contribution is 2.35. The normalized spacial score (nSPS) is 14.9. The Labute approximate surface area is 188 Å². The summed E-state index contributed by atoms with van der Waals surface area (Å²) in [5.41, 5.74) is 2.12. The van der Waals surface area contributed by atoms with Gasteiger partial charge in [0.05, 0.1) is 13.2 Å². The average molecular weight is 438 g/mol. The predicted molar refractivity (Wildman–Crippen MR) is 124 cm³/mol. The minimum atomic E-state index is -0.0153. The average Bonchev–Trinajstić information content (AvgIpc) is 3.30. The summed E-state index contributed by atoms with van der Waals surface area (Å²) in [6.45, 7) is 7.95. The van der Waals surface area contributed by atoms with E-state index in [1.54, 1.807) is 6.20 Å². The van der Waals surface area contributed by atoms with Crippen molar-refractivity contribution in [1.82, 2.24) is 19.4 Å². The molecule has 1 saturated heterocycles. The van der Waals surface area contributed by atoms with E-state index in [-0.39, 0.29) is 5.88 Å². The lowest BCUT2D eigenvalue weighted by Gasteiger charge is -2.32. The van der Waals surface area contributed by atoms with E-state index < -0.39 is 0 Å². The van der Waals surface area contributed by atoms with E-state index >= 15 is 0 Å². The summed E-state index contributed by atoms with van der Waals surface area (Å²) in [5.74, 6) is 2.13. The zero-order valence-electron chi connectivity index (χ0n) is 18.7. The third-order valence-electron chi connectivity index (χ3n) is 5.53. The Morgan fingerprint density at radius 2 is 1.72 bits per heavy atom. The topological polar surface area (TPSA) is 84.7 Å². The zero-order valence-corrected chi connectivity index (χ0v) is 18.7. The molecule has 1 aliphatic rings. The number of rotatable bonds is 9. The second kappa shape index (κ2) is 10.4. The van der Waals surface area contributed by atoms with Crippen LogP contribution in [0.5, 0.6) is 17.4 Å². The summed E-state index contributed by atoms with van der Waals surface area (Å²) in [7, 11) is 0. The molecule has 1 aromatic carbocycles. The smallest absolute Gasteiger partial charge is 0.226 e. The summed E-state index contributed by atoms with van der Waals surface area (Å²) < 4.78 is 14.1. The molecule has 32 heavy (non-hydrogen) atoms. The van der Waals surface area contributed by atoms with Crippen LogP contribution in [0.2, 0.25) is 0 Å². The first kappa shape index (κ1) is 22.0. The van der Waals surface area contributed by atoms with Crippen molar-refractivity contribution in [2.24, 2.45) is 0 Å². The van der Waals surface area contributed by atoms with Gasteiger partial charge in [0.15, 0.2) is 0 Å². The Hall–Kier alpha value is -3.26. The van der Waals surface area contributed by atoms with Crippen LogP contribution in [0.3, 0.4) is 0 Å². The highest BCUT2D eigenvalue weighted by Gasteiger charge is 2.22. The SMILES string of the molecule is CCOc1cc(CN2CCC(Nc3nccc(O)n3)CC2)cc(OCC)c1-n1cccc1. The number of benzene rings is 1. The molecule has 2 aromatic heterocycles. The molecule has 3 aromatic rings. The number of aromatic hydroxyl groups is 1. The van der Waals surface area contributed by atoms with Crippen LogP contribution in [-0.2, 0) is 6.54 Å². The van der Waals surface area contributed by atoms with Gasteiger partial charge in [-0.05, 0) is 56.5 Å². The van der Waals surface area contributed by atoms with Gasteiger partial charge < -0.3 is 24.5 Å². The van der Waals surface area contributed by atoms with E-state index in [1.165, 1.54) is 11.6 Å². The van der Waals surface area contributed by atoms with Crippen LogP contribution in [0.25, 0.3) is 5.69 Å². The van der Waals surface area contributed by atoms with Crippen LogP contribution in [0.4, 0.5) is 5.95 Å². The highest BCUT2D eigenvalue weighted by molar-refractivity contribution is 5.59. The number of likely N-dealkylation sites (tertiary alicyclic amines) is 1. The number of nitrogens with one attached hydrogen (secondary N) is 1.